The zero-order valence-electron chi connectivity index (χ0n) is 21.8. The van der Waals surface area contributed by atoms with Crippen molar-refractivity contribution < 1.29 is 4.74 Å². The van der Waals surface area contributed by atoms with Crippen molar-refractivity contribution in [3.63, 3.8) is 0 Å². The number of nitrogens with zero attached hydrogens (tertiary/aromatic N) is 6. The summed E-state index contributed by atoms with van der Waals surface area (Å²) < 4.78 is 7.63. The average molecular weight is 494 g/mol. The molecule has 2 aliphatic rings. The van der Waals surface area contributed by atoms with Crippen LogP contribution in [0.2, 0.25) is 0 Å². The molecule has 1 aromatic carbocycles. The van der Waals surface area contributed by atoms with Crippen LogP contribution in [0.15, 0.2) is 29.1 Å². The predicted molar refractivity (Wildman–Crippen MR) is 140 cm³/mol. The molecule has 3 heterocycles. The Balaban J connectivity index is 1.48. The molecule has 194 valence electrons. The molecule has 9 nitrogen and oxygen atoms in total. The molecule has 5 rings (SSSR count). The van der Waals surface area contributed by atoms with Gasteiger partial charge in [0.2, 0.25) is 0 Å². The highest BCUT2D eigenvalue weighted by atomic mass is 16.5. The minimum absolute atomic E-state index is 0.00856. The van der Waals surface area contributed by atoms with E-state index in [1.54, 1.807) is 0 Å². The third-order valence-electron chi connectivity index (χ3n) is 7.74. The molecule has 0 radical (unpaired) electrons. The SMILES string of the molecule is Cc1ccc2[nH]c(=O)c(CN(CCN3CCOCC3)C(c3nnnn3C3CCCC3)C(C)C)cc2c1. The molecule has 1 atom stereocenters. The van der Waals surface area contributed by atoms with E-state index in [2.05, 4.69) is 67.9 Å². The average Bonchev–Trinajstić information content (AvgIpc) is 3.56. The summed E-state index contributed by atoms with van der Waals surface area (Å²) in [6, 6.07) is 8.58. The van der Waals surface area contributed by atoms with Gasteiger partial charge in [0, 0.05) is 43.8 Å². The number of pyridine rings is 1. The van der Waals surface area contributed by atoms with E-state index in [4.69, 9.17) is 4.74 Å². The number of morpholine rings is 1. The number of tetrazole rings is 1. The van der Waals surface area contributed by atoms with Crippen LogP contribution >= 0.6 is 0 Å². The van der Waals surface area contributed by atoms with Crippen LogP contribution in [0.25, 0.3) is 10.9 Å². The smallest absolute Gasteiger partial charge is 0.252 e. The lowest BCUT2D eigenvalue weighted by Gasteiger charge is -2.36. The molecular formula is C27H39N7O2. The van der Waals surface area contributed by atoms with E-state index in [9.17, 15) is 4.79 Å². The first kappa shape index (κ1) is 25.0. The fourth-order valence-corrected chi connectivity index (χ4v) is 5.81. The van der Waals surface area contributed by atoms with Crippen molar-refractivity contribution in [2.24, 2.45) is 5.92 Å². The van der Waals surface area contributed by atoms with Gasteiger partial charge in [0.25, 0.3) is 5.56 Å². The summed E-state index contributed by atoms with van der Waals surface area (Å²) in [5.41, 5.74) is 2.81. The van der Waals surface area contributed by atoms with Gasteiger partial charge in [-0.05, 0) is 59.7 Å². The van der Waals surface area contributed by atoms with Gasteiger partial charge in [0.05, 0.1) is 25.3 Å². The number of aromatic amines is 1. The third-order valence-corrected chi connectivity index (χ3v) is 7.74. The van der Waals surface area contributed by atoms with Gasteiger partial charge in [-0.2, -0.15) is 0 Å². The maximum Gasteiger partial charge on any atom is 0.252 e. The quantitative estimate of drug-likeness (QED) is 0.488. The van der Waals surface area contributed by atoms with E-state index < -0.39 is 0 Å². The Bertz CT molecular complexity index is 1210. The normalized spacial score (nSPS) is 18.6. The molecular weight excluding hydrogens is 454 g/mol. The maximum absolute atomic E-state index is 13.2. The summed E-state index contributed by atoms with van der Waals surface area (Å²) in [5.74, 6) is 1.20. The van der Waals surface area contributed by atoms with Crippen LogP contribution in [0.5, 0.6) is 0 Å². The second kappa shape index (κ2) is 11.2. The molecule has 1 saturated heterocycles. The lowest BCUT2D eigenvalue weighted by atomic mass is 9.99. The number of hydrogen-bond donors (Lipinski definition) is 1. The number of nitrogens with one attached hydrogen (secondary N) is 1. The van der Waals surface area contributed by atoms with Gasteiger partial charge in [-0.25, -0.2) is 4.68 Å². The zero-order valence-corrected chi connectivity index (χ0v) is 21.8. The molecule has 0 spiro atoms. The minimum atomic E-state index is -0.0272. The molecule has 0 bridgehead atoms. The van der Waals surface area contributed by atoms with E-state index >= 15 is 0 Å². The Morgan fingerprint density at radius 1 is 1.17 bits per heavy atom. The second-order valence-corrected chi connectivity index (χ2v) is 10.7. The Kier molecular flexibility index (Phi) is 7.79. The summed E-state index contributed by atoms with van der Waals surface area (Å²) in [6.45, 7) is 12.3. The van der Waals surface area contributed by atoms with Crippen LogP contribution in [0, 0.1) is 12.8 Å². The lowest BCUT2D eigenvalue weighted by Crippen LogP contribution is -2.44. The van der Waals surface area contributed by atoms with E-state index in [-0.39, 0.29) is 17.5 Å². The molecule has 9 heteroatoms. The van der Waals surface area contributed by atoms with Crippen molar-refractivity contribution in [2.75, 3.05) is 39.4 Å². The molecule has 2 fully saturated rings. The summed E-state index contributed by atoms with van der Waals surface area (Å²) in [6.07, 6.45) is 4.70. The fourth-order valence-electron chi connectivity index (χ4n) is 5.81. The van der Waals surface area contributed by atoms with E-state index in [0.717, 1.165) is 74.5 Å². The molecule has 36 heavy (non-hydrogen) atoms. The first-order chi connectivity index (χ1) is 17.5. The molecule has 3 aromatic rings. The second-order valence-electron chi connectivity index (χ2n) is 10.7. The van der Waals surface area contributed by atoms with Gasteiger partial charge in [-0.15, -0.1) is 5.10 Å². The van der Waals surface area contributed by atoms with Crippen molar-refractivity contribution in [1.29, 1.82) is 0 Å². The first-order valence-corrected chi connectivity index (χ1v) is 13.4. The number of rotatable bonds is 9. The van der Waals surface area contributed by atoms with Crippen LogP contribution in [-0.2, 0) is 11.3 Å². The Morgan fingerprint density at radius 3 is 2.69 bits per heavy atom. The standard InChI is InChI=1S/C27H39N7O2/c1-19(2)25(26-29-30-31-34(26)23-6-4-5-7-23)33(11-10-32-12-14-36-15-13-32)18-22-17-21-16-20(3)8-9-24(21)28-27(22)35/h8-9,16-17,19,23,25H,4-7,10-15,18H2,1-3H3,(H,28,35). The monoisotopic (exact) mass is 493 g/mol. The number of ether oxygens (including phenoxy) is 1. The molecule has 2 aromatic heterocycles. The molecule has 1 N–H and O–H groups in total. The van der Waals surface area contributed by atoms with Crippen LogP contribution in [0.3, 0.4) is 0 Å². The van der Waals surface area contributed by atoms with Gasteiger partial charge < -0.3 is 9.72 Å². The third kappa shape index (κ3) is 5.53. The number of aryl methyl sites for hydroxylation is 1. The van der Waals surface area contributed by atoms with Gasteiger partial charge >= 0.3 is 0 Å². The van der Waals surface area contributed by atoms with Crippen LogP contribution < -0.4 is 5.56 Å². The number of fused-ring (bicyclic) bond motifs is 1. The van der Waals surface area contributed by atoms with Crippen molar-refractivity contribution >= 4 is 10.9 Å². The van der Waals surface area contributed by atoms with Crippen LogP contribution in [0.4, 0.5) is 0 Å². The van der Waals surface area contributed by atoms with Crippen LogP contribution in [-0.4, -0.2) is 74.4 Å². The summed E-state index contributed by atoms with van der Waals surface area (Å²) >= 11 is 0. The highest BCUT2D eigenvalue weighted by molar-refractivity contribution is 5.79. The molecule has 1 aliphatic heterocycles. The lowest BCUT2D eigenvalue weighted by molar-refractivity contribution is 0.0267. The Morgan fingerprint density at radius 2 is 1.94 bits per heavy atom. The van der Waals surface area contributed by atoms with Crippen molar-refractivity contribution in [3.8, 4) is 0 Å². The summed E-state index contributed by atoms with van der Waals surface area (Å²) in [7, 11) is 0. The summed E-state index contributed by atoms with van der Waals surface area (Å²) in [4.78, 5) is 21.1. The number of hydrogen-bond acceptors (Lipinski definition) is 7. The van der Waals surface area contributed by atoms with Gasteiger partial charge in [-0.3, -0.25) is 14.6 Å². The van der Waals surface area contributed by atoms with Crippen molar-refractivity contribution in [3.05, 3.63) is 51.6 Å². The number of H-pyrrole nitrogens is 1. The van der Waals surface area contributed by atoms with E-state index in [1.807, 2.05) is 12.1 Å². The van der Waals surface area contributed by atoms with E-state index in [0.29, 0.717) is 12.6 Å². The molecule has 1 unspecified atom stereocenters. The molecule has 0 amide bonds. The minimum Gasteiger partial charge on any atom is -0.379 e. The van der Waals surface area contributed by atoms with Gasteiger partial charge in [0.15, 0.2) is 5.82 Å². The van der Waals surface area contributed by atoms with Crippen molar-refractivity contribution in [1.82, 2.24) is 35.0 Å². The van der Waals surface area contributed by atoms with Gasteiger partial charge in [0.1, 0.15) is 0 Å². The van der Waals surface area contributed by atoms with Crippen molar-refractivity contribution in [2.45, 2.75) is 65.1 Å². The Hall–Kier alpha value is -2.62. The maximum atomic E-state index is 13.2. The number of aromatic nitrogens is 5. The molecule has 1 aliphatic carbocycles. The predicted octanol–water partition coefficient (Wildman–Crippen LogP) is 3.47. The summed E-state index contributed by atoms with van der Waals surface area (Å²) in [5, 5.41) is 14.2. The fraction of sp³-hybridized carbons (Fsp3) is 0.630. The Labute approximate surface area is 212 Å². The molecule has 1 saturated carbocycles. The number of benzene rings is 1. The highest BCUT2D eigenvalue weighted by Gasteiger charge is 2.33. The van der Waals surface area contributed by atoms with E-state index in [1.165, 1.54) is 18.4 Å². The van der Waals surface area contributed by atoms with Gasteiger partial charge in [-0.1, -0.05) is 38.3 Å². The zero-order chi connectivity index (χ0) is 25.1. The van der Waals surface area contributed by atoms with Crippen LogP contribution in [0.1, 0.15) is 68.6 Å². The highest BCUT2D eigenvalue weighted by Crippen LogP contribution is 2.34. The largest absolute Gasteiger partial charge is 0.379 e. The first-order valence-electron chi connectivity index (χ1n) is 13.4. The topological polar surface area (TPSA) is 92.2 Å².